The molecule has 192 valence electrons. The second-order valence-corrected chi connectivity index (χ2v) is 10.9. The quantitative estimate of drug-likeness (QED) is 0.154. The van der Waals surface area contributed by atoms with Crippen LogP contribution in [0.5, 0.6) is 17.2 Å². The van der Waals surface area contributed by atoms with E-state index in [1.807, 2.05) is 61.5 Å². The highest BCUT2D eigenvalue weighted by molar-refractivity contribution is 9.11. The molecular weight excluding hydrogens is 584 g/mol. The second kappa shape index (κ2) is 14.0. The number of carbonyl (C=O) groups is 1. The molecule has 0 heterocycles. The SMILES string of the molecule is Cc1cccc(C(=O)c2cc(OCCCCCCCO)c(C(C)C)cc2Oc2c(Br)cccc2Br)c1. The van der Waals surface area contributed by atoms with Gasteiger partial charge in [-0.05, 0) is 87.9 Å². The molecule has 0 fully saturated rings. The summed E-state index contributed by atoms with van der Waals surface area (Å²) in [4.78, 5) is 13.7. The third-order valence-electron chi connectivity index (χ3n) is 5.95. The molecule has 0 aliphatic heterocycles. The molecule has 0 aromatic heterocycles. The highest BCUT2D eigenvalue weighted by atomic mass is 79.9. The number of para-hydroxylation sites is 1. The molecule has 0 atom stereocenters. The van der Waals surface area contributed by atoms with E-state index >= 15 is 0 Å². The Morgan fingerprint density at radius 3 is 2.22 bits per heavy atom. The zero-order valence-electron chi connectivity index (χ0n) is 21.2. The topological polar surface area (TPSA) is 55.8 Å². The average Bonchev–Trinajstić information content (AvgIpc) is 2.85. The van der Waals surface area contributed by atoms with Crippen molar-refractivity contribution in [1.82, 2.24) is 0 Å². The smallest absolute Gasteiger partial charge is 0.196 e. The van der Waals surface area contributed by atoms with Crippen LogP contribution in [-0.2, 0) is 0 Å². The maximum Gasteiger partial charge on any atom is 0.196 e. The fourth-order valence-electron chi connectivity index (χ4n) is 3.97. The Labute approximate surface area is 231 Å². The molecule has 36 heavy (non-hydrogen) atoms. The van der Waals surface area contributed by atoms with E-state index in [0.29, 0.717) is 29.2 Å². The van der Waals surface area contributed by atoms with Gasteiger partial charge in [-0.25, -0.2) is 0 Å². The van der Waals surface area contributed by atoms with Crippen LogP contribution in [0.15, 0.2) is 63.5 Å². The van der Waals surface area contributed by atoms with E-state index in [9.17, 15) is 4.79 Å². The summed E-state index contributed by atoms with van der Waals surface area (Å²) >= 11 is 7.14. The summed E-state index contributed by atoms with van der Waals surface area (Å²) < 4.78 is 14.2. The predicted octanol–water partition coefficient (Wildman–Crippen LogP) is 8.99. The maximum atomic E-state index is 13.7. The van der Waals surface area contributed by atoms with Gasteiger partial charge in [-0.1, -0.05) is 62.9 Å². The minimum Gasteiger partial charge on any atom is -0.493 e. The van der Waals surface area contributed by atoms with Gasteiger partial charge in [0.2, 0.25) is 0 Å². The zero-order valence-corrected chi connectivity index (χ0v) is 24.3. The molecule has 0 aliphatic carbocycles. The lowest BCUT2D eigenvalue weighted by atomic mass is 9.95. The fourth-order valence-corrected chi connectivity index (χ4v) is 5.13. The summed E-state index contributed by atoms with van der Waals surface area (Å²) in [7, 11) is 0. The van der Waals surface area contributed by atoms with E-state index in [-0.39, 0.29) is 18.3 Å². The van der Waals surface area contributed by atoms with Crippen molar-refractivity contribution in [3.8, 4) is 17.2 Å². The van der Waals surface area contributed by atoms with Gasteiger partial charge in [0.15, 0.2) is 11.5 Å². The Balaban J connectivity index is 1.98. The highest BCUT2D eigenvalue weighted by Crippen LogP contribution is 2.41. The molecule has 0 amide bonds. The highest BCUT2D eigenvalue weighted by Gasteiger charge is 2.22. The van der Waals surface area contributed by atoms with Crippen molar-refractivity contribution in [3.63, 3.8) is 0 Å². The Bertz CT molecular complexity index is 1150. The largest absolute Gasteiger partial charge is 0.493 e. The molecule has 0 aliphatic rings. The molecule has 0 saturated heterocycles. The Hall–Kier alpha value is -2.15. The van der Waals surface area contributed by atoms with Crippen LogP contribution in [0, 0.1) is 6.92 Å². The van der Waals surface area contributed by atoms with Crippen LogP contribution in [0.4, 0.5) is 0 Å². The normalized spacial score (nSPS) is 11.1. The van der Waals surface area contributed by atoms with Gasteiger partial charge < -0.3 is 14.6 Å². The number of hydrogen-bond acceptors (Lipinski definition) is 4. The van der Waals surface area contributed by atoms with E-state index in [4.69, 9.17) is 14.6 Å². The molecule has 3 rings (SSSR count). The molecule has 3 aromatic carbocycles. The van der Waals surface area contributed by atoms with Crippen molar-refractivity contribution in [2.75, 3.05) is 13.2 Å². The van der Waals surface area contributed by atoms with Crippen molar-refractivity contribution < 1.29 is 19.4 Å². The van der Waals surface area contributed by atoms with Crippen molar-refractivity contribution in [2.24, 2.45) is 0 Å². The number of carbonyl (C=O) groups excluding carboxylic acids is 1. The first-order valence-electron chi connectivity index (χ1n) is 12.5. The molecule has 1 N–H and O–H groups in total. The van der Waals surface area contributed by atoms with Crippen LogP contribution >= 0.6 is 31.9 Å². The first-order chi connectivity index (χ1) is 17.3. The molecule has 0 bridgehead atoms. The standard InChI is InChI=1S/C30H34Br2O4/c1-20(2)23-18-28(36-30-25(31)13-10-14-26(30)32)24(29(34)22-12-9-11-21(3)17-22)19-27(23)35-16-8-6-4-5-7-15-33/h9-14,17-20,33H,4-8,15-16H2,1-3H3. The number of rotatable bonds is 13. The van der Waals surface area contributed by atoms with Gasteiger partial charge in [0.05, 0.1) is 21.1 Å². The van der Waals surface area contributed by atoms with Crippen molar-refractivity contribution in [1.29, 1.82) is 0 Å². The van der Waals surface area contributed by atoms with E-state index in [1.54, 1.807) is 0 Å². The monoisotopic (exact) mass is 616 g/mol. The lowest BCUT2D eigenvalue weighted by molar-refractivity contribution is 0.103. The van der Waals surface area contributed by atoms with Crippen LogP contribution in [0.1, 0.15) is 78.9 Å². The van der Waals surface area contributed by atoms with Gasteiger partial charge in [0.1, 0.15) is 11.5 Å². The number of hydrogen-bond donors (Lipinski definition) is 1. The number of ether oxygens (including phenoxy) is 2. The molecule has 0 radical (unpaired) electrons. The van der Waals surface area contributed by atoms with Gasteiger partial charge in [0, 0.05) is 17.7 Å². The lowest BCUT2D eigenvalue weighted by Gasteiger charge is -2.20. The first-order valence-corrected chi connectivity index (χ1v) is 14.0. The van der Waals surface area contributed by atoms with Crippen molar-refractivity contribution >= 4 is 37.6 Å². The van der Waals surface area contributed by atoms with Crippen LogP contribution < -0.4 is 9.47 Å². The summed E-state index contributed by atoms with van der Waals surface area (Å²) in [6, 6.07) is 17.1. The van der Waals surface area contributed by atoms with E-state index in [2.05, 4.69) is 45.7 Å². The number of aliphatic hydroxyl groups excluding tert-OH is 1. The van der Waals surface area contributed by atoms with Crippen LogP contribution in [0.25, 0.3) is 0 Å². The summed E-state index contributed by atoms with van der Waals surface area (Å²) in [6.45, 7) is 7.02. The molecule has 0 unspecified atom stereocenters. The molecular formula is C30H34Br2O4. The van der Waals surface area contributed by atoms with E-state index in [0.717, 1.165) is 57.9 Å². The van der Waals surface area contributed by atoms with Crippen LogP contribution in [0.2, 0.25) is 0 Å². The van der Waals surface area contributed by atoms with E-state index in [1.165, 1.54) is 0 Å². The molecule has 0 saturated carbocycles. The van der Waals surface area contributed by atoms with Gasteiger partial charge in [-0.3, -0.25) is 4.79 Å². The van der Waals surface area contributed by atoms with Gasteiger partial charge in [0.25, 0.3) is 0 Å². The molecule has 6 heteroatoms. The zero-order chi connectivity index (χ0) is 26.1. The second-order valence-electron chi connectivity index (χ2n) is 9.23. The van der Waals surface area contributed by atoms with Crippen LogP contribution in [-0.4, -0.2) is 24.1 Å². The van der Waals surface area contributed by atoms with Crippen LogP contribution in [0.3, 0.4) is 0 Å². The van der Waals surface area contributed by atoms with E-state index < -0.39 is 0 Å². The number of aryl methyl sites for hydroxylation is 1. The predicted molar refractivity (Wildman–Crippen MR) is 153 cm³/mol. The molecule has 4 nitrogen and oxygen atoms in total. The number of ketones is 1. The summed E-state index contributed by atoms with van der Waals surface area (Å²) in [5.74, 6) is 1.89. The van der Waals surface area contributed by atoms with Gasteiger partial charge in [-0.2, -0.15) is 0 Å². The lowest BCUT2D eigenvalue weighted by Crippen LogP contribution is -2.08. The number of benzene rings is 3. The fraction of sp³-hybridized carbons (Fsp3) is 0.367. The summed E-state index contributed by atoms with van der Waals surface area (Å²) in [6.07, 6.45) is 4.92. The Morgan fingerprint density at radius 2 is 1.56 bits per heavy atom. The third kappa shape index (κ3) is 7.67. The minimum atomic E-state index is -0.110. The average molecular weight is 618 g/mol. The first kappa shape index (κ1) is 28.4. The minimum absolute atomic E-state index is 0.110. The van der Waals surface area contributed by atoms with Crippen molar-refractivity contribution in [2.45, 2.75) is 58.8 Å². The Kier molecular flexibility index (Phi) is 11.0. The summed E-state index contributed by atoms with van der Waals surface area (Å²) in [5.41, 5.74) is 3.09. The van der Waals surface area contributed by atoms with Gasteiger partial charge >= 0.3 is 0 Å². The molecule has 3 aromatic rings. The molecule has 0 spiro atoms. The van der Waals surface area contributed by atoms with Crippen molar-refractivity contribution in [3.05, 3.63) is 85.8 Å². The number of halogens is 2. The number of aliphatic hydroxyl groups is 1. The summed E-state index contributed by atoms with van der Waals surface area (Å²) in [5, 5.41) is 8.95. The van der Waals surface area contributed by atoms with Gasteiger partial charge in [-0.15, -0.1) is 0 Å². The Morgan fingerprint density at radius 1 is 0.889 bits per heavy atom. The third-order valence-corrected chi connectivity index (χ3v) is 7.20. The number of unbranched alkanes of at least 4 members (excludes halogenated alkanes) is 4. The maximum absolute atomic E-state index is 13.7.